The second-order valence-corrected chi connectivity index (χ2v) is 3.71. The normalized spacial score (nSPS) is 11.4. The van der Waals surface area contributed by atoms with E-state index in [4.69, 9.17) is 5.73 Å². The minimum atomic E-state index is -2.67. The molecule has 0 saturated heterocycles. The molecule has 0 unspecified atom stereocenters. The van der Waals surface area contributed by atoms with Crippen molar-refractivity contribution in [2.24, 2.45) is 0 Å². The Balaban J connectivity index is 2.84. The molecule has 1 aromatic heterocycles. The van der Waals surface area contributed by atoms with E-state index in [-0.39, 0.29) is 10.9 Å². The molecule has 0 fully saturated rings. The van der Waals surface area contributed by atoms with Gasteiger partial charge < -0.3 is 5.73 Å². The Bertz CT molecular complexity index is 478. The number of hydrogen-bond acceptors (Lipinski definition) is 2. The molecule has 0 aliphatic carbocycles. The number of hydrogen-bond donors (Lipinski definition) is 1. The number of alkyl halides is 2. The summed E-state index contributed by atoms with van der Waals surface area (Å²) in [5, 5.41) is 1.19. The summed E-state index contributed by atoms with van der Waals surface area (Å²) in [6, 6.07) is 2.49. The zero-order valence-corrected chi connectivity index (χ0v) is 7.75. The third-order valence-electron chi connectivity index (χ3n) is 1.96. The molecule has 0 bridgehead atoms. The van der Waals surface area contributed by atoms with Crippen LogP contribution in [0.3, 0.4) is 0 Å². The van der Waals surface area contributed by atoms with Crippen molar-refractivity contribution in [1.29, 1.82) is 0 Å². The highest BCUT2D eigenvalue weighted by Gasteiger charge is 2.17. The first-order valence-corrected chi connectivity index (χ1v) is 4.72. The van der Waals surface area contributed by atoms with E-state index >= 15 is 0 Å². The number of benzene rings is 1. The summed E-state index contributed by atoms with van der Waals surface area (Å²) in [7, 11) is 0. The Morgan fingerprint density at radius 3 is 2.64 bits per heavy atom. The van der Waals surface area contributed by atoms with Gasteiger partial charge in [-0.15, -0.1) is 11.3 Å². The van der Waals surface area contributed by atoms with Crippen molar-refractivity contribution in [2.45, 2.75) is 6.43 Å². The van der Waals surface area contributed by atoms with Crippen LogP contribution in [0.25, 0.3) is 10.1 Å². The lowest BCUT2D eigenvalue weighted by Gasteiger charge is -2.00. The van der Waals surface area contributed by atoms with Crippen LogP contribution < -0.4 is 5.73 Å². The van der Waals surface area contributed by atoms with Gasteiger partial charge in [0, 0.05) is 22.0 Å². The first-order valence-electron chi connectivity index (χ1n) is 3.84. The van der Waals surface area contributed by atoms with Crippen LogP contribution in [0, 0.1) is 5.82 Å². The Morgan fingerprint density at radius 1 is 1.29 bits per heavy atom. The number of fused-ring (bicyclic) bond motifs is 1. The molecule has 5 heteroatoms. The average Bonchev–Trinajstić information content (AvgIpc) is 2.56. The van der Waals surface area contributed by atoms with E-state index in [1.54, 1.807) is 0 Å². The van der Waals surface area contributed by atoms with Gasteiger partial charge in [0.15, 0.2) is 0 Å². The monoisotopic (exact) mass is 217 g/mol. The molecule has 0 spiro atoms. The van der Waals surface area contributed by atoms with Gasteiger partial charge in [0.1, 0.15) is 5.82 Å². The molecule has 0 aliphatic heterocycles. The predicted molar refractivity (Wildman–Crippen MR) is 51.2 cm³/mol. The third kappa shape index (κ3) is 1.24. The summed E-state index contributed by atoms with van der Waals surface area (Å²) < 4.78 is 38.5. The molecule has 74 valence electrons. The first kappa shape index (κ1) is 9.33. The lowest BCUT2D eigenvalue weighted by atomic mass is 10.1. The van der Waals surface area contributed by atoms with Crippen LogP contribution in [0.15, 0.2) is 17.5 Å². The Hall–Kier alpha value is -1.23. The van der Waals surface area contributed by atoms with Gasteiger partial charge >= 0.3 is 0 Å². The minimum absolute atomic E-state index is 0.0509. The number of halogens is 3. The van der Waals surface area contributed by atoms with Crippen LogP contribution in [0.5, 0.6) is 0 Å². The van der Waals surface area contributed by atoms with Crippen molar-refractivity contribution in [3.63, 3.8) is 0 Å². The minimum Gasteiger partial charge on any atom is -0.398 e. The van der Waals surface area contributed by atoms with E-state index < -0.39 is 12.2 Å². The molecule has 1 aromatic carbocycles. The van der Waals surface area contributed by atoms with Crippen LogP contribution in [0.1, 0.15) is 12.0 Å². The molecule has 0 saturated carbocycles. The molecular formula is C9H6F3NS. The number of thiophene rings is 1. The molecule has 2 N–H and O–H groups in total. The van der Waals surface area contributed by atoms with Crippen molar-refractivity contribution in [2.75, 3.05) is 5.73 Å². The summed E-state index contributed by atoms with van der Waals surface area (Å²) in [5.74, 6) is -0.647. The summed E-state index contributed by atoms with van der Waals surface area (Å²) in [4.78, 5) is 0. The van der Waals surface area contributed by atoms with E-state index in [1.165, 1.54) is 11.4 Å². The van der Waals surface area contributed by atoms with Crippen molar-refractivity contribution in [3.8, 4) is 0 Å². The largest absolute Gasteiger partial charge is 0.398 e. The number of anilines is 1. The molecule has 0 aliphatic rings. The van der Waals surface area contributed by atoms with Gasteiger partial charge in [-0.3, -0.25) is 0 Å². The van der Waals surface area contributed by atoms with Crippen molar-refractivity contribution in [3.05, 3.63) is 28.9 Å². The topological polar surface area (TPSA) is 26.0 Å². The smallest absolute Gasteiger partial charge is 0.265 e. The summed E-state index contributed by atoms with van der Waals surface area (Å²) >= 11 is 1.04. The fraction of sp³-hybridized carbons (Fsp3) is 0.111. The van der Waals surface area contributed by atoms with Gasteiger partial charge in [0.2, 0.25) is 0 Å². The van der Waals surface area contributed by atoms with Gasteiger partial charge in [0.05, 0.1) is 4.70 Å². The van der Waals surface area contributed by atoms with Crippen molar-refractivity contribution < 1.29 is 13.2 Å². The zero-order valence-electron chi connectivity index (χ0n) is 6.93. The molecule has 0 radical (unpaired) electrons. The van der Waals surface area contributed by atoms with Crippen molar-refractivity contribution in [1.82, 2.24) is 0 Å². The van der Waals surface area contributed by atoms with Gasteiger partial charge in [-0.2, -0.15) is 0 Å². The van der Waals surface area contributed by atoms with Crippen LogP contribution >= 0.6 is 11.3 Å². The Morgan fingerprint density at radius 2 is 2.00 bits per heavy atom. The summed E-state index contributed by atoms with van der Waals surface area (Å²) in [6.07, 6.45) is -2.67. The number of nitrogens with two attached hydrogens (primary N) is 1. The molecule has 1 nitrogen and oxygen atoms in total. The molecule has 2 aromatic rings. The van der Waals surface area contributed by atoms with Crippen LogP contribution in [0.2, 0.25) is 0 Å². The lowest BCUT2D eigenvalue weighted by Crippen LogP contribution is -1.88. The van der Waals surface area contributed by atoms with Gasteiger partial charge in [0.25, 0.3) is 6.43 Å². The lowest BCUT2D eigenvalue weighted by molar-refractivity contribution is 0.153. The fourth-order valence-electron chi connectivity index (χ4n) is 1.31. The quantitative estimate of drug-likeness (QED) is 0.726. The van der Waals surface area contributed by atoms with Gasteiger partial charge in [-0.25, -0.2) is 13.2 Å². The SMILES string of the molecule is Nc1ccc(F)c2c(C(F)F)csc12. The fourth-order valence-corrected chi connectivity index (χ4v) is 2.32. The highest BCUT2D eigenvalue weighted by molar-refractivity contribution is 7.18. The maximum absolute atomic E-state index is 13.2. The first-order chi connectivity index (χ1) is 6.61. The second kappa shape index (κ2) is 3.16. The molecule has 14 heavy (non-hydrogen) atoms. The van der Waals surface area contributed by atoms with Crippen LogP contribution in [-0.4, -0.2) is 0 Å². The third-order valence-corrected chi connectivity index (χ3v) is 3.01. The predicted octanol–water partition coefficient (Wildman–Crippen LogP) is 3.56. The molecule has 0 amide bonds. The van der Waals surface area contributed by atoms with Gasteiger partial charge in [-0.1, -0.05) is 0 Å². The Kier molecular flexibility index (Phi) is 2.11. The molecule has 0 atom stereocenters. The van der Waals surface area contributed by atoms with Crippen LogP contribution in [0.4, 0.5) is 18.9 Å². The maximum atomic E-state index is 13.2. The van der Waals surface area contributed by atoms with Crippen molar-refractivity contribution >= 4 is 27.1 Å². The summed E-state index contributed by atoms with van der Waals surface area (Å²) in [5.41, 5.74) is 5.59. The van der Waals surface area contributed by atoms with E-state index in [9.17, 15) is 13.2 Å². The number of nitrogen functional groups attached to an aromatic ring is 1. The highest BCUT2D eigenvalue weighted by atomic mass is 32.1. The van der Waals surface area contributed by atoms with E-state index in [0.717, 1.165) is 17.4 Å². The Labute approximate surface area is 82.0 Å². The molecule has 2 rings (SSSR count). The zero-order chi connectivity index (χ0) is 10.3. The van der Waals surface area contributed by atoms with Crippen LogP contribution in [-0.2, 0) is 0 Å². The van der Waals surface area contributed by atoms with E-state index in [1.807, 2.05) is 0 Å². The molecule has 1 heterocycles. The van der Waals surface area contributed by atoms with E-state index in [2.05, 4.69) is 0 Å². The number of rotatable bonds is 1. The standard InChI is InChI=1S/C9H6F3NS/c10-5-1-2-6(13)8-7(5)4(3-14-8)9(11)12/h1-3,9H,13H2. The maximum Gasteiger partial charge on any atom is 0.265 e. The molecular weight excluding hydrogens is 211 g/mol. The summed E-state index contributed by atoms with van der Waals surface area (Å²) in [6.45, 7) is 0. The van der Waals surface area contributed by atoms with Gasteiger partial charge in [-0.05, 0) is 12.1 Å². The highest BCUT2D eigenvalue weighted by Crippen LogP contribution is 2.37. The average molecular weight is 217 g/mol. The second-order valence-electron chi connectivity index (χ2n) is 2.83. The van der Waals surface area contributed by atoms with E-state index in [0.29, 0.717) is 10.4 Å².